The predicted molar refractivity (Wildman–Crippen MR) is 78.0 cm³/mol. The predicted octanol–water partition coefficient (Wildman–Crippen LogP) is -0.219. The molecule has 2 saturated heterocycles. The Bertz CT molecular complexity index is 500. The fourth-order valence-corrected chi connectivity index (χ4v) is 3.40. The van der Waals surface area contributed by atoms with Crippen LogP contribution < -0.4 is 21.7 Å². The van der Waals surface area contributed by atoms with Crippen LogP contribution in [0.15, 0.2) is 0 Å². The number of nitrogens with one attached hydrogen (secondary N) is 1. The minimum absolute atomic E-state index is 0.0765. The first-order chi connectivity index (χ1) is 9.63. The lowest BCUT2D eigenvalue weighted by atomic mass is 10.2. The highest BCUT2D eigenvalue weighted by molar-refractivity contribution is 7.18. The van der Waals surface area contributed by atoms with E-state index < -0.39 is 0 Å². The third kappa shape index (κ3) is 2.72. The summed E-state index contributed by atoms with van der Waals surface area (Å²) in [4.78, 5) is 19.1. The Morgan fingerprint density at radius 1 is 1.50 bits per heavy atom. The number of ether oxygens (including phenoxy) is 1. The third-order valence-corrected chi connectivity index (χ3v) is 4.74. The molecule has 0 aromatic carbocycles. The number of carbonyl (C=O) groups excluding carboxylic acids is 1. The summed E-state index contributed by atoms with van der Waals surface area (Å²) in [5.41, 5.74) is 11.8. The zero-order valence-corrected chi connectivity index (χ0v) is 12.0. The van der Waals surface area contributed by atoms with Crippen LogP contribution >= 0.6 is 11.3 Å². The molecule has 3 heterocycles. The number of anilines is 2. The highest BCUT2D eigenvalue weighted by Gasteiger charge is 2.26. The van der Waals surface area contributed by atoms with Crippen molar-refractivity contribution < 1.29 is 9.53 Å². The molecule has 2 fully saturated rings. The number of nitrogens with two attached hydrogens (primary N) is 2. The Hall–Kier alpha value is -1.38. The molecule has 2 aliphatic heterocycles. The van der Waals surface area contributed by atoms with E-state index in [1.165, 1.54) is 11.3 Å². The maximum Gasteiger partial charge on any atom is 0.265 e. The number of amides is 1. The topological polar surface area (TPSA) is 107 Å². The third-order valence-electron chi connectivity index (χ3n) is 3.61. The van der Waals surface area contributed by atoms with Gasteiger partial charge in [-0.2, -0.15) is 0 Å². The van der Waals surface area contributed by atoms with Gasteiger partial charge in [0.15, 0.2) is 5.13 Å². The molecular formula is C12H19N5O2S. The minimum atomic E-state index is -0.162. The van der Waals surface area contributed by atoms with Crippen molar-refractivity contribution in [3.63, 3.8) is 0 Å². The summed E-state index contributed by atoms with van der Waals surface area (Å²) in [6, 6.07) is 0.251. The molecule has 1 amide bonds. The van der Waals surface area contributed by atoms with Crippen molar-refractivity contribution in [3.8, 4) is 0 Å². The van der Waals surface area contributed by atoms with Gasteiger partial charge in [-0.05, 0) is 12.8 Å². The van der Waals surface area contributed by atoms with Crippen molar-refractivity contribution in [2.75, 3.05) is 36.9 Å². The Balaban J connectivity index is 1.69. The highest BCUT2D eigenvalue weighted by Crippen LogP contribution is 2.30. The summed E-state index contributed by atoms with van der Waals surface area (Å²) in [5.74, 6) is 0.132. The number of carbonyl (C=O) groups is 1. The Morgan fingerprint density at radius 3 is 3.00 bits per heavy atom. The summed E-state index contributed by atoms with van der Waals surface area (Å²) in [6.07, 6.45) is 1.79. The number of hydrogen-bond donors (Lipinski definition) is 3. The molecule has 5 N–H and O–H groups in total. The summed E-state index contributed by atoms with van der Waals surface area (Å²) in [7, 11) is 0. The average Bonchev–Trinajstić information content (AvgIpc) is 3.10. The van der Waals surface area contributed by atoms with Gasteiger partial charge in [-0.3, -0.25) is 4.79 Å². The highest BCUT2D eigenvalue weighted by atomic mass is 32.1. The van der Waals surface area contributed by atoms with E-state index in [0.717, 1.165) is 31.1 Å². The van der Waals surface area contributed by atoms with Gasteiger partial charge in [0.2, 0.25) is 0 Å². The largest absolute Gasteiger partial charge is 0.382 e. The van der Waals surface area contributed by atoms with Crippen LogP contribution in [0.3, 0.4) is 0 Å². The maximum absolute atomic E-state index is 12.2. The van der Waals surface area contributed by atoms with Gasteiger partial charge < -0.3 is 26.4 Å². The maximum atomic E-state index is 12.2. The van der Waals surface area contributed by atoms with Crippen LogP contribution in [0, 0.1) is 0 Å². The van der Waals surface area contributed by atoms with Crippen molar-refractivity contribution >= 4 is 28.2 Å². The SMILES string of the molecule is Nc1nc(N2CCC(N)C2)sc1C(=O)NC1CCOC1. The number of rotatable bonds is 3. The van der Waals surface area contributed by atoms with Gasteiger partial charge >= 0.3 is 0 Å². The van der Waals surface area contributed by atoms with Crippen molar-refractivity contribution in [1.82, 2.24) is 10.3 Å². The van der Waals surface area contributed by atoms with Gasteiger partial charge in [0.25, 0.3) is 5.91 Å². The van der Waals surface area contributed by atoms with Gasteiger partial charge in [-0.25, -0.2) is 4.98 Å². The van der Waals surface area contributed by atoms with Crippen LogP contribution in [-0.4, -0.2) is 49.3 Å². The molecule has 3 rings (SSSR count). The number of hydrogen-bond acceptors (Lipinski definition) is 7. The zero-order chi connectivity index (χ0) is 14.1. The van der Waals surface area contributed by atoms with Crippen LogP contribution in [-0.2, 0) is 4.74 Å². The molecular weight excluding hydrogens is 278 g/mol. The van der Waals surface area contributed by atoms with Gasteiger partial charge in [-0.1, -0.05) is 11.3 Å². The molecule has 2 unspecified atom stereocenters. The number of nitrogens with zero attached hydrogens (tertiary/aromatic N) is 2. The first-order valence-electron chi connectivity index (χ1n) is 6.79. The number of aromatic nitrogens is 1. The van der Waals surface area contributed by atoms with Gasteiger partial charge in [0.05, 0.1) is 12.6 Å². The Labute approximate surface area is 121 Å². The normalized spacial score (nSPS) is 26.1. The fourth-order valence-electron chi connectivity index (χ4n) is 2.48. The fraction of sp³-hybridized carbons (Fsp3) is 0.667. The Kier molecular flexibility index (Phi) is 3.77. The second-order valence-corrected chi connectivity index (χ2v) is 6.22. The first kappa shape index (κ1) is 13.6. The second kappa shape index (κ2) is 5.55. The van der Waals surface area contributed by atoms with Crippen molar-refractivity contribution in [2.24, 2.45) is 5.73 Å². The molecule has 2 atom stereocenters. The number of nitrogen functional groups attached to an aromatic ring is 1. The quantitative estimate of drug-likeness (QED) is 0.712. The van der Waals surface area contributed by atoms with Crippen molar-refractivity contribution in [1.29, 1.82) is 0 Å². The molecule has 0 aliphatic carbocycles. The molecule has 0 bridgehead atoms. The summed E-state index contributed by atoms with van der Waals surface area (Å²) >= 11 is 1.33. The lowest BCUT2D eigenvalue weighted by molar-refractivity contribution is 0.0934. The first-order valence-corrected chi connectivity index (χ1v) is 7.60. The molecule has 20 heavy (non-hydrogen) atoms. The zero-order valence-electron chi connectivity index (χ0n) is 11.2. The van der Waals surface area contributed by atoms with Crippen LogP contribution in [0.1, 0.15) is 22.5 Å². The smallest absolute Gasteiger partial charge is 0.265 e. The molecule has 8 heteroatoms. The molecule has 1 aromatic rings. The van der Waals surface area contributed by atoms with E-state index in [-0.39, 0.29) is 18.0 Å². The van der Waals surface area contributed by atoms with Gasteiger partial charge in [0.1, 0.15) is 10.7 Å². The van der Waals surface area contributed by atoms with Crippen LogP contribution in [0.25, 0.3) is 0 Å². The Morgan fingerprint density at radius 2 is 2.35 bits per heavy atom. The molecule has 110 valence electrons. The van der Waals surface area contributed by atoms with Crippen LogP contribution in [0.5, 0.6) is 0 Å². The van der Waals surface area contributed by atoms with E-state index in [1.54, 1.807) is 0 Å². The van der Waals surface area contributed by atoms with E-state index in [2.05, 4.69) is 15.2 Å². The van der Waals surface area contributed by atoms with Crippen LogP contribution in [0.2, 0.25) is 0 Å². The average molecular weight is 297 g/mol. The molecule has 1 aromatic heterocycles. The molecule has 0 spiro atoms. The lowest BCUT2D eigenvalue weighted by Crippen LogP contribution is -2.34. The van der Waals surface area contributed by atoms with E-state index >= 15 is 0 Å². The summed E-state index contributed by atoms with van der Waals surface area (Å²) in [6.45, 7) is 2.90. The molecule has 0 saturated carbocycles. The van der Waals surface area contributed by atoms with Crippen molar-refractivity contribution in [2.45, 2.75) is 24.9 Å². The lowest BCUT2D eigenvalue weighted by Gasteiger charge is -2.13. The monoisotopic (exact) mass is 297 g/mol. The van der Waals surface area contributed by atoms with Crippen molar-refractivity contribution in [3.05, 3.63) is 4.88 Å². The summed E-state index contributed by atoms with van der Waals surface area (Å²) < 4.78 is 5.24. The number of thiazole rings is 1. The van der Waals surface area contributed by atoms with Gasteiger partial charge in [0, 0.05) is 25.7 Å². The second-order valence-electron chi connectivity index (χ2n) is 5.24. The molecule has 7 nitrogen and oxygen atoms in total. The molecule has 2 aliphatic rings. The summed E-state index contributed by atoms with van der Waals surface area (Å²) in [5, 5.41) is 3.71. The van der Waals surface area contributed by atoms with E-state index in [4.69, 9.17) is 16.2 Å². The van der Waals surface area contributed by atoms with Gasteiger partial charge in [-0.15, -0.1) is 0 Å². The van der Waals surface area contributed by atoms with E-state index in [1.807, 2.05) is 0 Å². The van der Waals surface area contributed by atoms with E-state index in [0.29, 0.717) is 23.9 Å². The van der Waals surface area contributed by atoms with Crippen LogP contribution in [0.4, 0.5) is 10.9 Å². The standard InChI is InChI=1S/C12H19N5O2S/c13-7-1-3-17(5-7)12-16-10(14)9(20-12)11(18)15-8-2-4-19-6-8/h7-8H,1-6,13-14H2,(H,15,18). The van der Waals surface area contributed by atoms with E-state index in [9.17, 15) is 4.79 Å². The minimum Gasteiger partial charge on any atom is -0.382 e. The molecule has 0 radical (unpaired) electrons.